The summed E-state index contributed by atoms with van der Waals surface area (Å²) >= 11 is 1.46. The third-order valence-corrected chi connectivity index (χ3v) is 7.83. The van der Waals surface area contributed by atoms with E-state index in [9.17, 15) is 9.59 Å². The van der Waals surface area contributed by atoms with E-state index in [1.165, 1.54) is 59.9 Å². The number of carbonyl (C=O) groups is 2. The van der Waals surface area contributed by atoms with Gasteiger partial charge >= 0.3 is 5.97 Å². The van der Waals surface area contributed by atoms with Gasteiger partial charge in [0.15, 0.2) is 5.17 Å². The first-order valence-corrected chi connectivity index (χ1v) is 15.7. The zero-order chi connectivity index (χ0) is 31.5. The van der Waals surface area contributed by atoms with Gasteiger partial charge in [-0.15, -0.1) is 0 Å². The number of rotatable bonds is 12. The average molecular weight is 606 g/mol. The maximum Gasteiger partial charge on any atom is 0.317 e. The Balaban J connectivity index is 0.000000553. The molecule has 0 radical (unpaired) electrons. The van der Waals surface area contributed by atoms with Crippen molar-refractivity contribution in [3.63, 3.8) is 0 Å². The van der Waals surface area contributed by atoms with Gasteiger partial charge in [-0.1, -0.05) is 85.7 Å². The molecule has 0 bridgehead atoms. The van der Waals surface area contributed by atoms with Crippen molar-refractivity contribution in [1.82, 2.24) is 10.2 Å². The standard InChI is InChI=1S/C28H34N2O2S.C7H13NO2/c1-4-18-29-28(30(3)21-31)33-22(2)19-23-12-16-27(17-13-23)32-20-24-10-14-26(15-11-24)25-8-6-5-7-9-25;1-3-4-6(2)8-5-7(9)10/h4,10-19,21,25H,5-9,20H2,1-3H3;3-4,6,8H,5H2,1-2H3,(H,9,10)/b18-4+,22-19-,29-28?;4-3-. The largest absolute Gasteiger partial charge is 0.489 e. The van der Waals surface area contributed by atoms with Crippen LogP contribution in [-0.4, -0.2) is 47.2 Å². The number of hydrogen-bond donors (Lipinski definition) is 2. The molecule has 43 heavy (non-hydrogen) atoms. The Morgan fingerprint density at radius 1 is 1.09 bits per heavy atom. The molecule has 1 unspecified atom stereocenters. The Hall–Kier alpha value is -3.62. The molecule has 1 aliphatic carbocycles. The molecule has 3 rings (SSSR count). The molecule has 1 amide bonds. The number of benzene rings is 2. The highest BCUT2D eigenvalue weighted by Gasteiger charge is 2.15. The quantitative estimate of drug-likeness (QED) is 0.110. The molecule has 7 nitrogen and oxygen atoms in total. The van der Waals surface area contributed by atoms with Crippen molar-refractivity contribution in [1.29, 1.82) is 0 Å². The van der Waals surface area contributed by atoms with Crippen molar-refractivity contribution in [2.45, 2.75) is 78.4 Å². The van der Waals surface area contributed by atoms with Crippen LogP contribution in [0, 0.1) is 0 Å². The average Bonchev–Trinajstić information content (AvgIpc) is 3.02. The van der Waals surface area contributed by atoms with Crippen LogP contribution in [0.2, 0.25) is 0 Å². The number of nitrogens with zero attached hydrogens (tertiary/aromatic N) is 2. The molecule has 1 fully saturated rings. The topological polar surface area (TPSA) is 91.2 Å². The number of hydrogen-bond acceptors (Lipinski definition) is 6. The number of allylic oxidation sites excluding steroid dienone is 3. The minimum absolute atomic E-state index is 0.0194. The maximum atomic E-state index is 11.1. The molecule has 1 saturated carbocycles. The van der Waals surface area contributed by atoms with Crippen LogP contribution in [0.5, 0.6) is 5.75 Å². The summed E-state index contributed by atoms with van der Waals surface area (Å²) < 4.78 is 5.99. The molecule has 0 saturated heterocycles. The van der Waals surface area contributed by atoms with Gasteiger partial charge in [0.25, 0.3) is 0 Å². The van der Waals surface area contributed by atoms with E-state index in [1.54, 1.807) is 13.2 Å². The number of aliphatic carboxylic acids is 1. The zero-order valence-corrected chi connectivity index (χ0v) is 27.0. The molecular formula is C35H47N3O4S. The van der Waals surface area contributed by atoms with Gasteiger partial charge in [0.1, 0.15) is 12.4 Å². The Labute approximate surface area is 261 Å². The normalized spacial score (nSPS) is 15.2. The summed E-state index contributed by atoms with van der Waals surface area (Å²) in [7, 11) is 1.70. The van der Waals surface area contributed by atoms with Crippen LogP contribution >= 0.6 is 11.8 Å². The molecule has 0 aromatic heterocycles. The molecule has 2 aromatic carbocycles. The number of nitrogens with one attached hydrogen (secondary N) is 1. The van der Waals surface area contributed by atoms with Crippen molar-refractivity contribution in [2.24, 2.45) is 4.99 Å². The summed E-state index contributed by atoms with van der Waals surface area (Å²) in [6.07, 6.45) is 16.9. The van der Waals surface area contributed by atoms with E-state index in [0.717, 1.165) is 28.5 Å². The molecule has 0 spiro atoms. The molecule has 2 N–H and O–H groups in total. The van der Waals surface area contributed by atoms with Crippen LogP contribution in [0.1, 0.15) is 82.4 Å². The van der Waals surface area contributed by atoms with Gasteiger partial charge < -0.3 is 15.2 Å². The summed E-state index contributed by atoms with van der Waals surface area (Å²) in [5, 5.41) is 11.7. The number of amides is 1. The van der Waals surface area contributed by atoms with Gasteiger partial charge in [-0.3, -0.25) is 14.5 Å². The summed E-state index contributed by atoms with van der Waals surface area (Å²) in [4.78, 5) is 28.0. The molecule has 1 aliphatic rings. The summed E-state index contributed by atoms with van der Waals surface area (Å²) in [5.41, 5.74) is 3.74. The first kappa shape index (κ1) is 35.6. The van der Waals surface area contributed by atoms with Crippen LogP contribution in [0.3, 0.4) is 0 Å². The predicted octanol–water partition coefficient (Wildman–Crippen LogP) is 8.01. The molecule has 1 atom stereocenters. The van der Waals surface area contributed by atoms with E-state index in [0.29, 0.717) is 11.8 Å². The lowest BCUT2D eigenvalue weighted by molar-refractivity contribution is -0.136. The SMILES string of the molecule is C/C=C/N=C(S/C(C)=C\c1ccc(OCc2ccc(C3CCCCC3)cc2)cc1)N(C)C=O.C/C=C\C(C)NCC(=O)O. The fourth-order valence-electron chi connectivity index (χ4n) is 4.53. The minimum Gasteiger partial charge on any atom is -0.489 e. The number of aliphatic imine (C=N–C) groups is 1. The van der Waals surface area contributed by atoms with E-state index in [2.05, 4.69) is 40.7 Å². The van der Waals surface area contributed by atoms with E-state index in [1.807, 2.05) is 70.2 Å². The highest BCUT2D eigenvalue weighted by molar-refractivity contribution is 8.17. The Kier molecular flexibility index (Phi) is 16.8. The minimum atomic E-state index is -0.823. The van der Waals surface area contributed by atoms with Crippen LogP contribution in [-0.2, 0) is 16.2 Å². The number of carboxylic acids is 1. The van der Waals surface area contributed by atoms with E-state index in [-0.39, 0.29) is 12.6 Å². The zero-order valence-electron chi connectivity index (χ0n) is 26.2. The first-order valence-electron chi connectivity index (χ1n) is 14.9. The van der Waals surface area contributed by atoms with Gasteiger partial charge in [0, 0.05) is 19.3 Å². The van der Waals surface area contributed by atoms with Gasteiger partial charge in [-0.25, -0.2) is 4.99 Å². The highest BCUT2D eigenvalue weighted by atomic mass is 32.2. The van der Waals surface area contributed by atoms with Gasteiger partial charge in [0.2, 0.25) is 6.41 Å². The van der Waals surface area contributed by atoms with Crippen molar-refractivity contribution in [3.8, 4) is 5.75 Å². The van der Waals surface area contributed by atoms with Crippen LogP contribution in [0.25, 0.3) is 6.08 Å². The summed E-state index contributed by atoms with van der Waals surface area (Å²) in [5.74, 6) is 0.765. The monoisotopic (exact) mass is 605 g/mol. The predicted molar refractivity (Wildman–Crippen MR) is 180 cm³/mol. The lowest BCUT2D eigenvalue weighted by Crippen LogP contribution is -2.29. The molecule has 8 heteroatoms. The fourth-order valence-corrected chi connectivity index (χ4v) is 5.32. The molecule has 0 heterocycles. The van der Waals surface area contributed by atoms with Crippen molar-refractivity contribution in [2.75, 3.05) is 13.6 Å². The van der Waals surface area contributed by atoms with Crippen LogP contribution in [0.15, 0.2) is 82.9 Å². The maximum absolute atomic E-state index is 11.1. The van der Waals surface area contributed by atoms with Crippen molar-refractivity contribution < 1.29 is 19.4 Å². The second-order valence-electron chi connectivity index (χ2n) is 10.5. The number of amidine groups is 1. The van der Waals surface area contributed by atoms with E-state index in [4.69, 9.17) is 9.84 Å². The Bertz CT molecular complexity index is 1230. The highest BCUT2D eigenvalue weighted by Crippen LogP contribution is 2.32. The lowest BCUT2D eigenvalue weighted by Gasteiger charge is -2.22. The van der Waals surface area contributed by atoms with E-state index < -0.39 is 5.97 Å². The number of carboxylic acid groups (broad SMARTS) is 1. The van der Waals surface area contributed by atoms with E-state index >= 15 is 0 Å². The molecular weight excluding hydrogens is 558 g/mol. The van der Waals surface area contributed by atoms with Crippen LogP contribution in [0.4, 0.5) is 0 Å². The lowest BCUT2D eigenvalue weighted by atomic mass is 9.84. The summed E-state index contributed by atoms with van der Waals surface area (Å²) in [6, 6.07) is 17.2. The Morgan fingerprint density at radius 2 is 1.77 bits per heavy atom. The first-order chi connectivity index (χ1) is 20.7. The van der Waals surface area contributed by atoms with Crippen molar-refractivity contribution >= 4 is 35.4 Å². The smallest absolute Gasteiger partial charge is 0.317 e. The fraction of sp³-hybridized carbons (Fsp3) is 0.400. The van der Waals surface area contributed by atoms with Gasteiger partial charge in [-0.05, 0) is 86.3 Å². The molecule has 0 aliphatic heterocycles. The van der Waals surface area contributed by atoms with Crippen molar-refractivity contribution in [3.05, 3.63) is 94.6 Å². The third kappa shape index (κ3) is 14.4. The van der Waals surface area contributed by atoms with Gasteiger partial charge in [0.05, 0.1) is 6.54 Å². The Morgan fingerprint density at radius 3 is 2.35 bits per heavy atom. The molecule has 2 aromatic rings. The summed E-state index contributed by atoms with van der Waals surface area (Å²) in [6.45, 7) is 8.30. The number of thioether (sulfide) groups is 1. The second kappa shape index (κ2) is 20.3. The number of carbonyl (C=O) groups excluding carboxylic acids is 1. The van der Waals surface area contributed by atoms with Crippen LogP contribution < -0.4 is 10.1 Å². The molecule has 232 valence electrons. The third-order valence-electron chi connectivity index (χ3n) is 6.81. The van der Waals surface area contributed by atoms with Gasteiger partial charge in [-0.2, -0.15) is 0 Å². The second-order valence-corrected chi connectivity index (χ2v) is 11.7. The number of ether oxygens (including phenoxy) is 1.